The molecule has 0 aromatic heterocycles. The molecule has 2 aromatic carbocycles. The lowest BCUT2D eigenvalue weighted by atomic mass is 10.0. The number of hydrogen-bond acceptors (Lipinski definition) is 3. The number of carboxylic acids is 2. The van der Waals surface area contributed by atoms with Crippen LogP contribution in [0.25, 0.3) is 0 Å². The van der Waals surface area contributed by atoms with Gasteiger partial charge in [-0.2, -0.15) is 0 Å². The second kappa shape index (κ2) is 5.79. The number of hydrogen-bond donors (Lipinski definition) is 2. The molecule has 20 heavy (non-hydrogen) atoms. The van der Waals surface area contributed by atoms with Crippen molar-refractivity contribution < 1.29 is 19.8 Å². The molecule has 2 N–H and O–H groups in total. The SMILES string of the molecule is O=C(O)c1ccc(C(=O)O)c(/C=N/c2ccccc2)c1. The van der Waals surface area contributed by atoms with E-state index in [1.807, 2.05) is 6.07 Å². The van der Waals surface area contributed by atoms with Crippen molar-refractivity contribution in [1.82, 2.24) is 0 Å². The standard InChI is InChI=1S/C15H11NO4/c17-14(18)10-6-7-13(15(19)20)11(8-10)9-16-12-4-2-1-3-5-12/h1-9H,(H,17,18)(H,19,20)/b16-9+. The molecule has 5 nitrogen and oxygen atoms in total. The van der Waals surface area contributed by atoms with Crippen molar-refractivity contribution in [2.75, 3.05) is 0 Å². The predicted octanol–water partition coefficient (Wildman–Crippen LogP) is 2.83. The second-order valence-corrected chi connectivity index (χ2v) is 4.01. The fourth-order valence-corrected chi connectivity index (χ4v) is 1.66. The van der Waals surface area contributed by atoms with Crippen molar-refractivity contribution in [2.45, 2.75) is 0 Å². The Morgan fingerprint density at radius 3 is 2.25 bits per heavy atom. The molecular weight excluding hydrogens is 258 g/mol. The number of benzene rings is 2. The third-order valence-electron chi connectivity index (χ3n) is 2.64. The van der Waals surface area contributed by atoms with Crippen molar-refractivity contribution >= 4 is 23.8 Å². The summed E-state index contributed by atoms with van der Waals surface area (Å²) in [4.78, 5) is 26.2. The molecule has 0 unspecified atom stereocenters. The average molecular weight is 269 g/mol. The molecule has 0 aliphatic heterocycles. The van der Waals surface area contributed by atoms with Gasteiger partial charge in [-0.15, -0.1) is 0 Å². The van der Waals surface area contributed by atoms with Gasteiger partial charge in [-0.25, -0.2) is 9.59 Å². The molecule has 0 saturated carbocycles. The Kier molecular flexibility index (Phi) is 3.91. The normalized spacial score (nSPS) is 10.6. The molecule has 0 atom stereocenters. The first-order valence-electron chi connectivity index (χ1n) is 5.77. The lowest BCUT2D eigenvalue weighted by molar-refractivity contribution is 0.0681. The molecule has 0 amide bonds. The molecule has 0 radical (unpaired) electrons. The summed E-state index contributed by atoms with van der Waals surface area (Å²) >= 11 is 0. The summed E-state index contributed by atoms with van der Waals surface area (Å²) in [6, 6.07) is 12.8. The monoisotopic (exact) mass is 269 g/mol. The number of rotatable bonds is 4. The van der Waals surface area contributed by atoms with E-state index < -0.39 is 11.9 Å². The highest BCUT2D eigenvalue weighted by Crippen LogP contribution is 2.14. The van der Waals surface area contributed by atoms with Gasteiger partial charge in [-0.05, 0) is 30.3 Å². The quantitative estimate of drug-likeness (QED) is 0.835. The zero-order chi connectivity index (χ0) is 14.5. The molecule has 0 spiro atoms. The largest absolute Gasteiger partial charge is 0.478 e. The van der Waals surface area contributed by atoms with Crippen LogP contribution in [0.4, 0.5) is 5.69 Å². The molecule has 2 aromatic rings. The van der Waals surface area contributed by atoms with Crippen molar-refractivity contribution in [3.8, 4) is 0 Å². The number of carbonyl (C=O) groups is 2. The van der Waals surface area contributed by atoms with Gasteiger partial charge in [-0.1, -0.05) is 18.2 Å². The van der Waals surface area contributed by atoms with E-state index in [1.54, 1.807) is 24.3 Å². The molecule has 0 aliphatic carbocycles. The highest BCUT2D eigenvalue weighted by Gasteiger charge is 2.12. The smallest absolute Gasteiger partial charge is 0.336 e. The average Bonchev–Trinajstić information content (AvgIpc) is 2.45. The first kappa shape index (κ1) is 13.5. The van der Waals surface area contributed by atoms with E-state index in [1.165, 1.54) is 24.4 Å². The van der Waals surface area contributed by atoms with E-state index in [4.69, 9.17) is 10.2 Å². The Bertz CT molecular complexity index is 678. The maximum absolute atomic E-state index is 11.1. The minimum absolute atomic E-state index is 0.00896. The van der Waals surface area contributed by atoms with Gasteiger partial charge in [0.15, 0.2) is 0 Å². The predicted molar refractivity (Wildman–Crippen MR) is 74.1 cm³/mol. The lowest BCUT2D eigenvalue weighted by Gasteiger charge is -2.02. The minimum atomic E-state index is -1.13. The van der Waals surface area contributed by atoms with E-state index in [0.29, 0.717) is 5.69 Å². The molecule has 100 valence electrons. The molecule has 2 rings (SSSR count). The van der Waals surface area contributed by atoms with Crippen LogP contribution >= 0.6 is 0 Å². The fraction of sp³-hybridized carbons (Fsp3) is 0. The van der Waals surface area contributed by atoms with E-state index in [0.717, 1.165) is 0 Å². The molecule has 0 fully saturated rings. The summed E-state index contributed by atoms with van der Waals surface area (Å²) in [7, 11) is 0. The molecule has 0 aliphatic rings. The Morgan fingerprint density at radius 1 is 0.950 bits per heavy atom. The van der Waals surface area contributed by atoms with Gasteiger partial charge >= 0.3 is 11.9 Å². The summed E-state index contributed by atoms with van der Waals surface area (Å²) in [5.41, 5.74) is 0.935. The summed E-state index contributed by atoms with van der Waals surface area (Å²) in [6.45, 7) is 0. The van der Waals surface area contributed by atoms with Crippen molar-refractivity contribution in [3.05, 3.63) is 65.2 Å². The summed E-state index contributed by atoms with van der Waals surface area (Å²) < 4.78 is 0. The minimum Gasteiger partial charge on any atom is -0.478 e. The summed E-state index contributed by atoms with van der Waals surface area (Å²) in [5, 5.41) is 18.0. The summed E-state index contributed by atoms with van der Waals surface area (Å²) in [6.07, 6.45) is 1.35. The van der Waals surface area contributed by atoms with Gasteiger partial charge in [0.1, 0.15) is 0 Å². The summed E-state index contributed by atoms with van der Waals surface area (Å²) in [5.74, 6) is -2.24. The zero-order valence-electron chi connectivity index (χ0n) is 10.4. The molecular formula is C15H11NO4. The van der Waals surface area contributed by atoms with Gasteiger partial charge in [0.25, 0.3) is 0 Å². The Morgan fingerprint density at radius 2 is 1.65 bits per heavy atom. The van der Waals surface area contributed by atoms with E-state index in [9.17, 15) is 9.59 Å². The van der Waals surface area contributed by atoms with Crippen LogP contribution in [-0.4, -0.2) is 28.4 Å². The first-order chi connectivity index (χ1) is 9.58. The van der Waals surface area contributed by atoms with Gasteiger partial charge in [0, 0.05) is 11.8 Å². The number of carboxylic acid groups (broad SMARTS) is 2. The number of nitrogens with zero attached hydrogens (tertiary/aromatic N) is 1. The van der Waals surface area contributed by atoms with E-state index >= 15 is 0 Å². The Labute approximate surface area is 114 Å². The van der Waals surface area contributed by atoms with Crippen LogP contribution in [0.2, 0.25) is 0 Å². The van der Waals surface area contributed by atoms with Crippen LogP contribution in [0, 0.1) is 0 Å². The van der Waals surface area contributed by atoms with E-state index in [-0.39, 0.29) is 16.7 Å². The van der Waals surface area contributed by atoms with Crippen molar-refractivity contribution in [1.29, 1.82) is 0 Å². The third kappa shape index (κ3) is 3.08. The highest BCUT2D eigenvalue weighted by atomic mass is 16.4. The zero-order valence-corrected chi connectivity index (χ0v) is 10.4. The van der Waals surface area contributed by atoms with Gasteiger partial charge in [0.05, 0.1) is 16.8 Å². The van der Waals surface area contributed by atoms with Crippen molar-refractivity contribution in [2.24, 2.45) is 4.99 Å². The number of aliphatic imine (C=N–C) groups is 1. The van der Waals surface area contributed by atoms with Gasteiger partial charge in [0.2, 0.25) is 0 Å². The fourth-order valence-electron chi connectivity index (χ4n) is 1.66. The Balaban J connectivity index is 2.43. The third-order valence-corrected chi connectivity index (χ3v) is 2.64. The second-order valence-electron chi connectivity index (χ2n) is 4.01. The van der Waals surface area contributed by atoms with Crippen LogP contribution in [0.15, 0.2) is 53.5 Å². The maximum atomic E-state index is 11.1. The lowest BCUT2D eigenvalue weighted by Crippen LogP contribution is -2.05. The van der Waals surface area contributed by atoms with Crippen LogP contribution in [0.1, 0.15) is 26.3 Å². The van der Waals surface area contributed by atoms with Crippen LogP contribution in [0.3, 0.4) is 0 Å². The van der Waals surface area contributed by atoms with Crippen LogP contribution < -0.4 is 0 Å². The molecule has 0 heterocycles. The topological polar surface area (TPSA) is 87.0 Å². The highest BCUT2D eigenvalue weighted by molar-refractivity contribution is 6.01. The molecule has 5 heteroatoms. The van der Waals surface area contributed by atoms with Gasteiger partial charge < -0.3 is 10.2 Å². The number of para-hydroxylation sites is 1. The van der Waals surface area contributed by atoms with Gasteiger partial charge in [-0.3, -0.25) is 4.99 Å². The van der Waals surface area contributed by atoms with E-state index in [2.05, 4.69) is 4.99 Å². The molecule has 0 bridgehead atoms. The van der Waals surface area contributed by atoms with Crippen LogP contribution in [0.5, 0.6) is 0 Å². The first-order valence-corrected chi connectivity index (χ1v) is 5.77. The maximum Gasteiger partial charge on any atom is 0.336 e. The van der Waals surface area contributed by atoms with Crippen LogP contribution in [-0.2, 0) is 0 Å². The number of aromatic carboxylic acids is 2. The Hall–Kier alpha value is -2.95. The molecule has 0 saturated heterocycles. The van der Waals surface area contributed by atoms with Crippen molar-refractivity contribution in [3.63, 3.8) is 0 Å².